The fourth-order valence-corrected chi connectivity index (χ4v) is 5.81. The molecule has 7 heteroatoms. The molecule has 0 radical (unpaired) electrons. The number of halogens is 1. The van der Waals surface area contributed by atoms with E-state index in [1.165, 1.54) is 10.4 Å². The van der Waals surface area contributed by atoms with Crippen LogP contribution < -0.4 is 0 Å². The van der Waals surface area contributed by atoms with E-state index >= 15 is 0 Å². The van der Waals surface area contributed by atoms with Gasteiger partial charge in [-0.2, -0.15) is 4.31 Å². The molecule has 120 valence electrons. The molecule has 1 aromatic carbocycles. The number of aliphatic carboxylic acids is 1. The van der Waals surface area contributed by atoms with Crippen molar-refractivity contribution in [1.29, 1.82) is 0 Å². The Balaban J connectivity index is 1.98. The second-order valence-corrected chi connectivity index (χ2v) is 8.60. The summed E-state index contributed by atoms with van der Waals surface area (Å²) in [6.45, 7) is 2.05. The van der Waals surface area contributed by atoms with Crippen molar-refractivity contribution in [3.05, 3.63) is 28.8 Å². The van der Waals surface area contributed by atoms with Crippen LogP contribution in [0.5, 0.6) is 0 Å². The molecular weight excluding hydrogens is 326 g/mol. The number of fused-ring (bicyclic) bond motifs is 1. The lowest BCUT2D eigenvalue weighted by Crippen LogP contribution is -2.37. The Morgan fingerprint density at radius 1 is 1.45 bits per heavy atom. The van der Waals surface area contributed by atoms with Crippen LogP contribution in [-0.2, 0) is 14.8 Å². The first-order valence-electron chi connectivity index (χ1n) is 7.27. The van der Waals surface area contributed by atoms with Crippen LogP contribution in [0, 0.1) is 18.3 Å². The van der Waals surface area contributed by atoms with E-state index in [4.69, 9.17) is 11.6 Å². The fraction of sp³-hybridized carbons (Fsp3) is 0.533. The molecule has 3 rings (SSSR count). The second kappa shape index (κ2) is 5.22. The number of benzene rings is 1. The molecule has 1 aromatic rings. The quantitative estimate of drug-likeness (QED) is 0.915. The Labute approximate surface area is 134 Å². The first kappa shape index (κ1) is 15.8. The number of aryl methyl sites for hydroxylation is 1. The highest BCUT2D eigenvalue weighted by Crippen LogP contribution is 2.50. The number of sulfonamides is 1. The second-order valence-electron chi connectivity index (χ2n) is 6.26. The van der Waals surface area contributed by atoms with Gasteiger partial charge in [-0.15, -0.1) is 0 Å². The van der Waals surface area contributed by atoms with Gasteiger partial charge in [0.15, 0.2) is 0 Å². The average molecular weight is 344 g/mol. The molecule has 1 aliphatic carbocycles. The maximum atomic E-state index is 12.9. The molecule has 2 atom stereocenters. The molecular formula is C15H18ClNO4S. The summed E-state index contributed by atoms with van der Waals surface area (Å²) < 4.78 is 27.1. The van der Waals surface area contributed by atoms with E-state index in [0.29, 0.717) is 17.0 Å². The lowest BCUT2D eigenvalue weighted by Gasteiger charge is -2.23. The molecule has 2 fully saturated rings. The number of carboxylic acids is 1. The van der Waals surface area contributed by atoms with E-state index in [1.807, 2.05) is 0 Å². The molecule has 1 N–H and O–H groups in total. The smallest absolute Gasteiger partial charge is 0.311 e. The van der Waals surface area contributed by atoms with E-state index in [-0.39, 0.29) is 23.9 Å². The number of carboxylic acid groups (broad SMARTS) is 1. The molecule has 1 heterocycles. The molecule has 0 amide bonds. The van der Waals surface area contributed by atoms with Crippen LogP contribution in [0.3, 0.4) is 0 Å². The third kappa shape index (κ3) is 2.25. The van der Waals surface area contributed by atoms with Crippen LogP contribution in [0.2, 0.25) is 5.02 Å². The fourth-order valence-electron chi connectivity index (χ4n) is 3.77. The van der Waals surface area contributed by atoms with Crippen molar-refractivity contribution >= 4 is 27.6 Å². The van der Waals surface area contributed by atoms with Gasteiger partial charge in [-0.1, -0.05) is 24.1 Å². The van der Waals surface area contributed by atoms with Crippen molar-refractivity contribution in [3.63, 3.8) is 0 Å². The molecule has 2 aliphatic rings. The highest BCUT2D eigenvalue weighted by atomic mass is 35.5. The lowest BCUT2D eigenvalue weighted by molar-refractivity contribution is -0.149. The molecule has 0 unspecified atom stereocenters. The van der Waals surface area contributed by atoms with E-state index in [0.717, 1.165) is 12.8 Å². The third-order valence-electron chi connectivity index (χ3n) is 5.03. The molecule has 22 heavy (non-hydrogen) atoms. The molecule has 0 bridgehead atoms. The van der Waals surface area contributed by atoms with Crippen molar-refractivity contribution in [2.24, 2.45) is 11.3 Å². The van der Waals surface area contributed by atoms with Crippen LogP contribution in [0.15, 0.2) is 23.1 Å². The van der Waals surface area contributed by atoms with Gasteiger partial charge in [-0.25, -0.2) is 8.42 Å². The topological polar surface area (TPSA) is 74.7 Å². The number of hydrogen-bond donors (Lipinski definition) is 1. The Morgan fingerprint density at radius 2 is 2.18 bits per heavy atom. The summed E-state index contributed by atoms with van der Waals surface area (Å²) in [7, 11) is -3.72. The van der Waals surface area contributed by atoms with Gasteiger partial charge < -0.3 is 5.11 Å². The third-order valence-corrected chi connectivity index (χ3v) is 7.22. The average Bonchev–Trinajstić information content (AvgIpc) is 2.99. The summed E-state index contributed by atoms with van der Waals surface area (Å²) in [5.74, 6) is -0.977. The Bertz CT molecular complexity index is 733. The SMILES string of the molecule is Cc1ccc(Cl)cc1S(=O)(=O)N1C[C@@H]2CCC[C@@]2(C(=O)O)C1. The van der Waals surface area contributed by atoms with Gasteiger partial charge in [0.2, 0.25) is 10.0 Å². The zero-order chi connectivity index (χ0) is 16.1. The summed E-state index contributed by atoms with van der Waals surface area (Å²) in [5.41, 5.74) is -0.301. The van der Waals surface area contributed by atoms with Crippen LogP contribution in [-0.4, -0.2) is 36.9 Å². The Hall–Kier alpha value is -1.11. The van der Waals surface area contributed by atoms with Gasteiger partial charge in [-0.05, 0) is 43.4 Å². The zero-order valence-electron chi connectivity index (χ0n) is 12.3. The maximum Gasteiger partial charge on any atom is 0.311 e. The number of nitrogens with zero attached hydrogens (tertiary/aromatic N) is 1. The summed E-state index contributed by atoms with van der Waals surface area (Å²) >= 11 is 5.93. The first-order chi connectivity index (χ1) is 10.3. The van der Waals surface area contributed by atoms with E-state index in [9.17, 15) is 18.3 Å². The van der Waals surface area contributed by atoms with Crippen molar-refractivity contribution in [3.8, 4) is 0 Å². The Kier molecular flexibility index (Phi) is 3.74. The largest absolute Gasteiger partial charge is 0.481 e. The summed E-state index contributed by atoms with van der Waals surface area (Å²) in [6.07, 6.45) is 2.17. The van der Waals surface area contributed by atoms with E-state index in [2.05, 4.69) is 0 Å². The number of rotatable bonds is 3. The van der Waals surface area contributed by atoms with Gasteiger partial charge in [0.05, 0.1) is 10.3 Å². The minimum atomic E-state index is -3.72. The summed E-state index contributed by atoms with van der Waals surface area (Å²) in [6, 6.07) is 4.75. The van der Waals surface area contributed by atoms with Crippen LogP contribution >= 0.6 is 11.6 Å². The minimum absolute atomic E-state index is 0.0568. The molecule has 1 saturated carbocycles. The van der Waals surface area contributed by atoms with Gasteiger partial charge in [0.1, 0.15) is 0 Å². The van der Waals surface area contributed by atoms with Crippen molar-refractivity contribution in [2.45, 2.75) is 31.1 Å². The lowest BCUT2D eigenvalue weighted by atomic mass is 9.81. The molecule has 0 spiro atoms. The predicted octanol–water partition coefficient (Wildman–Crippen LogP) is 2.52. The minimum Gasteiger partial charge on any atom is -0.481 e. The molecule has 0 aromatic heterocycles. The normalized spacial score (nSPS) is 28.7. The van der Waals surface area contributed by atoms with Crippen LogP contribution in [0.25, 0.3) is 0 Å². The molecule has 1 aliphatic heterocycles. The molecule has 5 nitrogen and oxygen atoms in total. The summed E-state index contributed by atoms with van der Waals surface area (Å²) in [4.78, 5) is 11.9. The van der Waals surface area contributed by atoms with Gasteiger partial charge in [-0.3, -0.25) is 4.79 Å². The van der Waals surface area contributed by atoms with Crippen molar-refractivity contribution in [2.75, 3.05) is 13.1 Å². The van der Waals surface area contributed by atoms with Crippen LogP contribution in [0.1, 0.15) is 24.8 Å². The van der Waals surface area contributed by atoms with Crippen LogP contribution in [0.4, 0.5) is 0 Å². The zero-order valence-corrected chi connectivity index (χ0v) is 13.8. The van der Waals surface area contributed by atoms with E-state index in [1.54, 1.807) is 19.1 Å². The monoisotopic (exact) mass is 343 g/mol. The van der Waals surface area contributed by atoms with Crippen molar-refractivity contribution < 1.29 is 18.3 Å². The van der Waals surface area contributed by atoms with Gasteiger partial charge in [0.25, 0.3) is 0 Å². The predicted molar refractivity (Wildman–Crippen MR) is 82.4 cm³/mol. The van der Waals surface area contributed by atoms with Gasteiger partial charge in [0, 0.05) is 18.1 Å². The highest BCUT2D eigenvalue weighted by Gasteiger charge is 2.57. The number of carbonyl (C=O) groups is 1. The number of hydrogen-bond acceptors (Lipinski definition) is 3. The van der Waals surface area contributed by atoms with Gasteiger partial charge >= 0.3 is 5.97 Å². The van der Waals surface area contributed by atoms with E-state index < -0.39 is 21.4 Å². The standard InChI is InChI=1S/C15H18ClNO4S/c1-10-4-5-12(16)7-13(10)22(20,21)17-8-11-3-2-6-15(11,9-17)14(18)19/h4-5,7,11H,2-3,6,8-9H2,1H3,(H,18,19)/t11-,15+/m0/s1. The molecule has 1 saturated heterocycles. The Morgan fingerprint density at radius 3 is 2.82 bits per heavy atom. The first-order valence-corrected chi connectivity index (χ1v) is 9.09. The maximum absolute atomic E-state index is 12.9. The van der Waals surface area contributed by atoms with Crippen molar-refractivity contribution in [1.82, 2.24) is 4.31 Å². The highest BCUT2D eigenvalue weighted by molar-refractivity contribution is 7.89. The summed E-state index contributed by atoms with van der Waals surface area (Å²) in [5, 5.41) is 9.94.